The van der Waals surface area contributed by atoms with Gasteiger partial charge >= 0.3 is 0 Å². The molecule has 0 saturated carbocycles. The molecule has 1 aliphatic rings. The van der Waals surface area contributed by atoms with E-state index in [2.05, 4.69) is 0 Å². The Hall–Kier alpha value is -3.07. The lowest BCUT2D eigenvalue weighted by Gasteiger charge is -2.24. The number of sulfonamides is 1. The van der Waals surface area contributed by atoms with E-state index in [9.17, 15) is 18.6 Å². The summed E-state index contributed by atoms with van der Waals surface area (Å²) >= 11 is 6.27. The monoisotopic (exact) mass is 457 g/mol. The maximum absolute atomic E-state index is 11.6. The average Bonchev–Trinajstić information content (AvgIpc) is 3.15. The first-order chi connectivity index (χ1) is 14.6. The molecule has 0 spiro atoms. The Morgan fingerprint density at radius 3 is 2.45 bits per heavy atom. The first-order valence-corrected chi connectivity index (χ1v) is 11.3. The Balaban J connectivity index is 1.80. The summed E-state index contributed by atoms with van der Waals surface area (Å²) in [4.78, 5) is -0.00323. The van der Waals surface area contributed by atoms with E-state index in [0.717, 1.165) is 11.1 Å². The number of aryl methyl sites for hydroxylation is 1. The number of rotatable bonds is 4. The quantitative estimate of drug-likeness (QED) is 0.546. The van der Waals surface area contributed by atoms with Gasteiger partial charge < -0.3 is 10.2 Å². The predicted octanol–water partition coefficient (Wildman–Crippen LogP) is 4.06. The van der Waals surface area contributed by atoms with Crippen LogP contribution >= 0.6 is 11.6 Å². The fourth-order valence-electron chi connectivity index (χ4n) is 3.59. The van der Waals surface area contributed by atoms with Crippen LogP contribution in [0, 0.1) is 6.92 Å². The maximum atomic E-state index is 11.6. The lowest BCUT2D eigenvalue weighted by atomic mass is 9.97. The zero-order valence-corrected chi connectivity index (χ0v) is 18.1. The molecule has 0 radical (unpaired) electrons. The van der Waals surface area contributed by atoms with E-state index in [1.165, 1.54) is 12.1 Å². The molecule has 0 aliphatic carbocycles. The number of hydrogen-bond acceptors (Lipinski definition) is 6. The smallest absolute Gasteiger partial charge is 0.238 e. The first-order valence-electron chi connectivity index (χ1n) is 9.41. The van der Waals surface area contributed by atoms with Crippen molar-refractivity contribution in [2.75, 3.05) is 5.01 Å². The fourth-order valence-corrected chi connectivity index (χ4v) is 4.27. The second kappa shape index (κ2) is 7.88. The van der Waals surface area contributed by atoms with Crippen molar-refractivity contribution < 1.29 is 18.6 Å². The number of halogens is 1. The van der Waals surface area contributed by atoms with Crippen LogP contribution in [0.15, 0.2) is 70.7 Å². The molecule has 7 nitrogen and oxygen atoms in total. The topological polar surface area (TPSA) is 116 Å². The Morgan fingerprint density at radius 2 is 1.81 bits per heavy atom. The molecule has 1 aliphatic heterocycles. The number of primary sulfonamides is 1. The van der Waals surface area contributed by atoms with Gasteiger partial charge in [-0.3, -0.25) is 5.01 Å². The Morgan fingerprint density at radius 1 is 1.10 bits per heavy atom. The van der Waals surface area contributed by atoms with Gasteiger partial charge in [0.05, 0.1) is 22.3 Å². The predicted molar refractivity (Wildman–Crippen MR) is 120 cm³/mol. The van der Waals surface area contributed by atoms with Crippen molar-refractivity contribution in [1.29, 1.82) is 0 Å². The zero-order chi connectivity index (χ0) is 22.3. The minimum Gasteiger partial charge on any atom is -0.508 e. The van der Waals surface area contributed by atoms with Gasteiger partial charge in [0, 0.05) is 17.0 Å². The molecule has 4 N–H and O–H groups in total. The van der Waals surface area contributed by atoms with Crippen LogP contribution in [0.2, 0.25) is 5.02 Å². The van der Waals surface area contributed by atoms with Crippen molar-refractivity contribution in [3.05, 3.63) is 82.4 Å². The number of phenols is 2. The third kappa shape index (κ3) is 4.23. The van der Waals surface area contributed by atoms with Gasteiger partial charge in [0.1, 0.15) is 11.5 Å². The highest BCUT2D eigenvalue weighted by atomic mass is 35.5. The Kier molecular flexibility index (Phi) is 5.38. The number of hydrazone groups is 1. The average molecular weight is 458 g/mol. The van der Waals surface area contributed by atoms with Gasteiger partial charge in [-0.1, -0.05) is 23.7 Å². The van der Waals surface area contributed by atoms with Gasteiger partial charge in [-0.2, -0.15) is 5.10 Å². The molecule has 3 aromatic rings. The van der Waals surface area contributed by atoms with E-state index in [-0.39, 0.29) is 22.4 Å². The van der Waals surface area contributed by atoms with Crippen LogP contribution in [0.4, 0.5) is 5.69 Å². The van der Waals surface area contributed by atoms with Crippen LogP contribution in [-0.2, 0) is 10.0 Å². The highest BCUT2D eigenvalue weighted by Gasteiger charge is 2.31. The third-order valence-electron chi connectivity index (χ3n) is 5.18. The van der Waals surface area contributed by atoms with Crippen LogP contribution in [0.1, 0.15) is 29.2 Å². The number of benzene rings is 3. The zero-order valence-electron chi connectivity index (χ0n) is 16.5. The van der Waals surface area contributed by atoms with Crippen molar-refractivity contribution in [1.82, 2.24) is 0 Å². The highest BCUT2D eigenvalue weighted by Crippen LogP contribution is 2.39. The summed E-state index contributed by atoms with van der Waals surface area (Å²) in [5.41, 5.74) is 3.33. The first kappa shape index (κ1) is 21.2. The minimum atomic E-state index is -3.82. The van der Waals surface area contributed by atoms with E-state index in [1.54, 1.807) is 54.4 Å². The molecule has 0 aromatic heterocycles. The molecule has 1 unspecified atom stereocenters. The van der Waals surface area contributed by atoms with Crippen molar-refractivity contribution in [3.63, 3.8) is 0 Å². The number of phenolic OH excluding ortho intramolecular Hbond substituents is 2. The van der Waals surface area contributed by atoms with E-state index >= 15 is 0 Å². The summed E-state index contributed by atoms with van der Waals surface area (Å²) in [7, 11) is -3.82. The Labute approximate surface area is 185 Å². The molecule has 1 atom stereocenters. The van der Waals surface area contributed by atoms with Gasteiger partial charge in [-0.15, -0.1) is 0 Å². The number of nitrogens with zero attached hydrogens (tertiary/aromatic N) is 2. The minimum absolute atomic E-state index is 0.00323. The summed E-state index contributed by atoms with van der Waals surface area (Å²) in [6.07, 6.45) is 0.438. The van der Waals surface area contributed by atoms with E-state index < -0.39 is 10.0 Å². The SMILES string of the molecule is Cc1cc(O)c(C2=NN(c3ccc(S(N)(=O)=O)cc3)C(c3cccc(O)c3)C2)cc1Cl. The summed E-state index contributed by atoms with van der Waals surface area (Å²) in [5, 5.41) is 32.6. The van der Waals surface area contributed by atoms with Crippen molar-refractivity contribution in [2.45, 2.75) is 24.3 Å². The summed E-state index contributed by atoms with van der Waals surface area (Å²) in [5.74, 6) is 0.193. The van der Waals surface area contributed by atoms with Crippen molar-refractivity contribution in [3.8, 4) is 11.5 Å². The van der Waals surface area contributed by atoms with Crippen LogP contribution in [0.5, 0.6) is 11.5 Å². The van der Waals surface area contributed by atoms with Gasteiger partial charge in [0.25, 0.3) is 0 Å². The molecule has 160 valence electrons. The summed E-state index contributed by atoms with van der Waals surface area (Å²) in [6, 6.07) is 15.9. The number of hydrogen-bond donors (Lipinski definition) is 3. The summed E-state index contributed by atoms with van der Waals surface area (Å²) < 4.78 is 23.2. The van der Waals surface area contributed by atoms with Gasteiger partial charge in [-0.25, -0.2) is 13.6 Å². The molecule has 0 bridgehead atoms. The Bertz CT molecular complexity index is 1290. The number of aromatic hydroxyl groups is 2. The van der Waals surface area contributed by atoms with E-state index in [0.29, 0.717) is 28.4 Å². The molecule has 3 aromatic carbocycles. The van der Waals surface area contributed by atoms with Crippen molar-refractivity contribution >= 4 is 33.0 Å². The summed E-state index contributed by atoms with van der Waals surface area (Å²) in [6.45, 7) is 1.80. The number of anilines is 1. The van der Waals surface area contributed by atoms with Crippen LogP contribution in [0.3, 0.4) is 0 Å². The second-order valence-electron chi connectivity index (χ2n) is 7.36. The van der Waals surface area contributed by atoms with Gasteiger partial charge in [0.15, 0.2) is 0 Å². The molecule has 4 rings (SSSR count). The molecule has 31 heavy (non-hydrogen) atoms. The van der Waals surface area contributed by atoms with Crippen LogP contribution in [0.25, 0.3) is 0 Å². The van der Waals surface area contributed by atoms with Crippen molar-refractivity contribution in [2.24, 2.45) is 10.2 Å². The molecule has 1 heterocycles. The van der Waals surface area contributed by atoms with E-state index in [4.69, 9.17) is 21.8 Å². The lowest BCUT2D eigenvalue weighted by Crippen LogP contribution is -2.19. The fraction of sp³-hybridized carbons (Fsp3) is 0.136. The van der Waals surface area contributed by atoms with E-state index in [1.807, 2.05) is 6.07 Å². The normalized spacial score (nSPS) is 16.4. The molecule has 0 fully saturated rings. The molecular weight excluding hydrogens is 438 g/mol. The van der Waals surface area contributed by atoms with Gasteiger partial charge in [0.2, 0.25) is 10.0 Å². The second-order valence-corrected chi connectivity index (χ2v) is 9.33. The molecule has 0 amide bonds. The third-order valence-corrected chi connectivity index (χ3v) is 6.52. The van der Waals surface area contributed by atoms with Crippen LogP contribution in [-0.4, -0.2) is 24.3 Å². The molecule has 0 saturated heterocycles. The van der Waals surface area contributed by atoms with Gasteiger partial charge in [-0.05, 0) is 66.6 Å². The largest absolute Gasteiger partial charge is 0.508 e. The van der Waals surface area contributed by atoms with Crippen LogP contribution < -0.4 is 10.1 Å². The molecular formula is C22H20ClN3O4S. The lowest BCUT2D eigenvalue weighted by molar-refractivity contribution is 0.472. The standard InChI is InChI=1S/C22H20ClN3O4S/c1-13-9-22(28)18(11-19(13)23)20-12-21(14-3-2-4-16(27)10-14)26(25-20)15-5-7-17(8-6-15)31(24,29)30/h2-11,21,27-28H,12H2,1H3,(H2,24,29,30). The number of nitrogens with two attached hydrogens (primary N) is 1. The maximum Gasteiger partial charge on any atom is 0.238 e. The highest BCUT2D eigenvalue weighted by molar-refractivity contribution is 7.89. The molecule has 9 heteroatoms.